The normalized spacial score (nSPS) is 14.3. The summed E-state index contributed by atoms with van der Waals surface area (Å²) in [6, 6.07) is 14.0. The van der Waals surface area contributed by atoms with Crippen molar-refractivity contribution in [1.29, 1.82) is 0 Å². The van der Waals surface area contributed by atoms with Crippen molar-refractivity contribution in [1.82, 2.24) is 14.8 Å². The van der Waals surface area contributed by atoms with E-state index in [1.54, 1.807) is 25.6 Å². The number of amides is 1. The molecule has 4 rings (SSSR count). The molecule has 6 nitrogen and oxygen atoms in total. The summed E-state index contributed by atoms with van der Waals surface area (Å²) in [5.41, 5.74) is 2.92. The zero-order valence-corrected chi connectivity index (χ0v) is 22.8. The highest BCUT2D eigenvalue weighted by Crippen LogP contribution is 2.28. The van der Waals surface area contributed by atoms with Crippen LogP contribution < -0.4 is 9.47 Å². The number of piperidine rings is 1. The van der Waals surface area contributed by atoms with E-state index in [-0.39, 0.29) is 5.91 Å². The first-order chi connectivity index (χ1) is 17.4. The molecule has 192 valence electrons. The summed E-state index contributed by atoms with van der Waals surface area (Å²) < 4.78 is 10.8. The number of benzene rings is 2. The molecule has 0 radical (unpaired) electrons. The van der Waals surface area contributed by atoms with Gasteiger partial charge < -0.3 is 14.4 Å². The van der Waals surface area contributed by atoms with Crippen molar-refractivity contribution in [3.8, 4) is 11.5 Å². The second-order valence-electron chi connectivity index (χ2n) is 9.38. The summed E-state index contributed by atoms with van der Waals surface area (Å²) in [7, 11) is 3.30. The molecule has 0 saturated carbocycles. The number of likely N-dealkylation sites (tertiary alicyclic amines) is 1. The van der Waals surface area contributed by atoms with Gasteiger partial charge in [0.25, 0.3) is 5.91 Å². The molecule has 1 aliphatic rings. The standard InChI is InChI=1S/C28H34ClN3O3S/c1-20-10-14-32(15-11-20)28(33)24-19-36-27(30-24)18-31(17-22-4-7-23(29)8-5-22)13-12-21-6-9-25(34-2)26(16-21)35-3/h4-9,16,19-20H,10-15,17-18H2,1-3H3. The minimum Gasteiger partial charge on any atom is -0.493 e. The zero-order chi connectivity index (χ0) is 25.5. The third kappa shape index (κ3) is 6.99. The Morgan fingerprint density at radius 1 is 1.06 bits per heavy atom. The molecule has 1 fully saturated rings. The Hall–Kier alpha value is -2.61. The van der Waals surface area contributed by atoms with Crippen molar-refractivity contribution in [2.24, 2.45) is 5.92 Å². The summed E-state index contributed by atoms with van der Waals surface area (Å²) in [5, 5.41) is 3.58. The van der Waals surface area contributed by atoms with Crippen LogP contribution in [0.5, 0.6) is 11.5 Å². The second kappa shape index (κ2) is 12.6. The molecule has 0 bridgehead atoms. The van der Waals surface area contributed by atoms with E-state index in [2.05, 4.69) is 30.0 Å². The van der Waals surface area contributed by atoms with Crippen LogP contribution in [0.4, 0.5) is 0 Å². The fraction of sp³-hybridized carbons (Fsp3) is 0.429. The summed E-state index contributed by atoms with van der Waals surface area (Å²) in [5.74, 6) is 2.20. The minimum absolute atomic E-state index is 0.0546. The summed E-state index contributed by atoms with van der Waals surface area (Å²) in [6.45, 7) is 6.15. The highest BCUT2D eigenvalue weighted by molar-refractivity contribution is 7.09. The Morgan fingerprint density at radius 2 is 1.75 bits per heavy atom. The van der Waals surface area contributed by atoms with Crippen LogP contribution in [0.25, 0.3) is 0 Å². The third-order valence-corrected chi connectivity index (χ3v) is 7.77. The molecule has 2 aromatic carbocycles. The number of thiazole rings is 1. The monoisotopic (exact) mass is 527 g/mol. The van der Waals surface area contributed by atoms with Gasteiger partial charge in [0.2, 0.25) is 0 Å². The Kier molecular flexibility index (Phi) is 9.24. The van der Waals surface area contributed by atoms with E-state index >= 15 is 0 Å². The average molecular weight is 528 g/mol. The van der Waals surface area contributed by atoms with Crippen molar-refractivity contribution in [2.75, 3.05) is 33.9 Å². The largest absolute Gasteiger partial charge is 0.493 e. The van der Waals surface area contributed by atoms with E-state index in [0.717, 1.165) is 67.0 Å². The number of halogens is 1. The van der Waals surface area contributed by atoms with Crippen molar-refractivity contribution in [3.63, 3.8) is 0 Å². The van der Waals surface area contributed by atoms with E-state index in [4.69, 9.17) is 26.1 Å². The lowest BCUT2D eigenvalue weighted by atomic mass is 9.99. The van der Waals surface area contributed by atoms with E-state index in [1.165, 1.54) is 11.1 Å². The molecule has 1 aliphatic heterocycles. The van der Waals surface area contributed by atoms with Gasteiger partial charge in [0.15, 0.2) is 11.5 Å². The molecule has 36 heavy (non-hydrogen) atoms. The predicted octanol–water partition coefficient (Wildman–Crippen LogP) is 5.93. The molecule has 1 aromatic heterocycles. The van der Waals surface area contributed by atoms with E-state index in [1.807, 2.05) is 34.5 Å². The minimum atomic E-state index is 0.0546. The molecule has 3 aromatic rings. The first-order valence-electron chi connectivity index (χ1n) is 12.4. The Labute approximate surface area is 222 Å². The number of carbonyl (C=O) groups is 1. The lowest BCUT2D eigenvalue weighted by Gasteiger charge is -2.29. The number of hydrogen-bond acceptors (Lipinski definition) is 6. The topological polar surface area (TPSA) is 54.9 Å². The lowest BCUT2D eigenvalue weighted by molar-refractivity contribution is 0.0691. The van der Waals surface area contributed by atoms with Crippen LogP contribution in [-0.2, 0) is 19.5 Å². The van der Waals surface area contributed by atoms with E-state index < -0.39 is 0 Å². The molecule has 8 heteroatoms. The molecule has 0 unspecified atom stereocenters. The average Bonchev–Trinajstić information content (AvgIpc) is 3.37. The number of nitrogens with zero attached hydrogens (tertiary/aromatic N) is 3. The molecule has 1 saturated heterocycles. The van der Waals surface area contributed by atoms with Crippen LogP contribution in [0, 0.1) is 5.92 Å². The maximum atomic E-state index is 13.0. The summed E-state index contributed by atoms with van der Waals surface area (Å²) >= 11 is 7.66. The number of aromatic nitrogens is 1. The smallest absolute Gasteiger partial charge is 0.273 e. The van der Waals surface area contributed by atoms with Crippen molar-refractivity contribution in [2.45, 2.75) is 39.3 Å². The predicted molar refractivity (Wildman–Crippen MR) is 145 cm³/mol. The molecule has 0 spiro atoms. The Balaban J connectivity index is 1.45. The first-order valence-corrected chi connectivity index (χ1v) is 13.6. The zero-order valence-electron chi connectivity index (χ0n) is 21.2. The Morgan fingerprint density at radius 3 is 2.44 bits per heavy atom. The van der Waals surface area contributed by atoms with Gasteiger partial charge in [-0.05, 0) is 60.6 Å². The van der Waals surface area contributed by atoms with Gasteiger partial charge in [0.1, 0.15) is 10.7 Å². The number of methoxy groups -OCH3 is 2. The van der Waals surface area contributed by atoms with E-state index in [9.17, 15) is 4.79 Å². The number of hydrogen-bond donors (Lipinski definition) is 0. The van der Waals surface area contributed by atoms with Crippen LogP contribution in [-0.4, -0.2) is 54.5 Å². The molecule has 0 atom stereocenters. The molecular formula is C28H34ClN3O3S. The first kappa shape index (κ1) is 26.5. The highest BCUT2D eigenvalue weighted by atomic mass is 35.5. The number of carbonyl (C=O) groups excluding carboxylic acids is 1. The molecular weight excluding hydrogens is 494 g/mol. The maximum Gasteiger partial charge on any atom is 0.273 e. The van der Waals surface area contributed by atoms with Crippen LogP contribution in [0.15, 0.2) is 47.8 Å². The second-order valence-corrected chi connectivity index (χ2v) is 10.8. The van der Waals surface area contributed by atoms with Crippen LogP contribution >= 0.6 is 22.9 Å². The van der Waals surface area contributed by atoms with Crippen molar-refractivity contribution >= 4 is 28.8 Å². The lowest BCUT2D eigenvalue weighted by Crippen LogP contribution is -2.38. The van der Waals surface area contributed by atoms with E-state index in [0.29, 0.717) is 18.2 Å². The molecule has 2 heterocycles. The maximum absolute atomic E-state index is 13.0. The van der Waals surface area contributed by atoms with Gasteiger partial charge in [-0.25, -0.2) is 4.98 Å². The SMILES string of the molecule is COc1ccc(CCN(Cc2ccc(Cl)cc2)Cc2nc(C(=O)N3CCC(C)CC3)cs2)cc1OC. The highest BCUT2D eigenvalue weighted by Gasteiger charge is 2.23. The molecule has 0 aliphatic carbocycles. The van der Waals surface area contributed by atoms with Gasteiger partial charge in [-0.3, -0.25) is 9.69 Å². The van der Waals surface area contributed by atoms with Gasteiger partial charge in [-0.15, -0.1) is 11.3 Å². The van der Waals surface area contributed by atoms with Gasteiger partial charge in [0.05, 0.1) is 20.8 Å². The number of ether oxygens (including phenoxy) is 2. The van der Waals surface area contributed by atoms with Crippen molar-refractivity contribution < 1.29 is 14.3 Å². The molecule has 0 N–H and O–H groups in total. The van der Waals surface area contributed by atoms with Crippen LogP contribution in [0.1, 0.15) is 46.4 Å². The third-order valence-electron chi connectivity index (χ3n) is 6.68. The van der Waals surface area contributed by atoms with Gasteiger partial charge in [0, 0.05) is 36.6 Å². The summed E-state index contributed by atoms with van der Waals surface area (Å²) in [4.78, 5) is 22.0. The quantitative estimate of drug-likeness (QED) is 0.327. The van der Waals surface area contributed by atoms with Gasteiger partial charge in [-0.2, -0.15) is 0 Å². The van der Waals surface area contributed by atoms with Crippen LogP contribution in [0.3, 0.4) is 0 Å². The summed E-state index contributed by atoms with van der Waals surface area (Å²) in [6.07, 6.45) is 2.97. The fourth-order valence-electron chi connectivity index (χ4n) is 4.43. The van der Waals surface area contributed by atoms with Crippen molar-refractivity contribution in [3.05, 3.63) is 74.7 Å². The Bertz CT molecular complexity index is 1140. The molecule has 1 amide bonds. The van der Waals surface area contributed by atoms with Gasteiger partial charge in [-0.1, -0.05) is 36.7 Å². The number of rotatable bonds is 10. The van der Waals surface area contributed by atoms with Crippen LogP contribution in [0.2, 0.25) is 5.02 Å². The fourth-order valence-corrected chi connectivity index (χ4v) is 5.37. The van der Waals surface area contributed by atoms with Gasteiger partial charge >= 0.3 is 0 Å².